The van der Waals surface area contributed by atoms with Gasteiger partial charge in [-0.2, -0.15) is 0 Å². The molecule has 2 heterocycles. The molecule has 0 fully saturated rings. The van der Waals surface area contributed by atoms with Gasteiger partial charge in [0.25, 0.3) is 0 Å². The van der Waals surface area contributed by atoms with Gasteiger partial charge in [0.1, 0.15) is 5.75 Å². The predicted molar refractivity (Wildman–Crippen MR) is 95.8 cm³/mol. The number of fused-ring (bicyclic) bond motifs is 1. The van der Waals surface area contributed by atoms with Crippen LogP contribution < -0.4 is 4.74 Å². The highest BCUT2D eigenvalue weighted by Gasteiger charge is 2.26. The molecule has 0 bridgehead atoms. The fourth-order valence-electron chi connectivity index (χ4n) is 3.06. The number of carbonyl (C=O) groups excluding carboxylic acids is 1. The van der Waals surface area contributed by atoms with E-state index in [0.717, 1.165) is 13.1 Å². The third kappa shape index (κ3) is 3.70. The zero-order valence-electron chi connectivity index (χ0n) is 13.5. The van der Waals surface area contributed by atoms with Gasteiger partial charge in [-0.25, -0.2) is 0 Å². The van der Waals surface area contributed by atoms with E-state index in [-0.39, 0.29) is 11.9 Å². The maximum Gasteiger partial charge on any atom is 0.223 e. The molecule has 1 aliphatic heterocycles. The standard InChI is InChI=1S/C18H20Cl2N2O2/c1-13-16-4-2-8-21(16)9-10-22(13)18(23)5-3-11-24-17-7-6-14(19)12-15(17)20/h2,4,6-8,12-13H,3,5,9-11H2,1H3. The van der Waals surface area contributed by atoms with Crippen molar-refractivity contribution < 1.29 is 9.53 Å². The van der Waals surface area contributed by atoms with Crippen LogP contribution in [-0.4, -0.2) is 28.5 Å². The van der Waals surface area contributed by atoms with Crippen LogP contribution in [0.25, 0.3) is 0 Å². The Labute approximate surface area is 151 Å². The van der Waals surface area contributed by atoms with Crippen LogP contribution in [0.1, 0.15) is 31.5 Å². The molecule has 6 heteroatoms. The Kier molecular flexibility index (Phi) is 5.36. The predicted octanol–water partition coefficient (Wildman–Crippen LogP) is 4.56. The smallest absolute Gasteiger partial charge is 0.223 e. The lowest BCUT2D eigenvalue weighted by Gasteiger charge is -2.35. The third-order valence-corrected chi connectivity index (χ3v) is 4.88. The summed E-state index contributed by atoms with van der Waals surface area (Å²) in [7, 11) is 0. The first kappa shape index (κ1) is 17.2. The summed E-state index contributed by atoms with van der Waals surface area (Å²) in [6.45, 7) is 4.14. The van der Waals surface area contributed by atoms with Gasteiger partial charge in [0, 0.05) is 36.4 Å². The molecule has 3 rings (SSSR count). The minimum absolute atomic E-state index is 0.118. The van der Waals surface area contributed by atoms with Crippen molar-refractivity contribution in [3.63, 3.8) is 0 Å². The topological polar surface area (TPSA) is 34.5 Å². The largest absolute Gasteiger partial charge is 0.492 e. The van der Waals surface area contributed by atoms with Gasteiger partial charge < -0.3 is 14.2 Å². The van der Waals surface area contributed by atoms with Crippen molar-refractivity contribution in [2.45, 2.75) is 32.4 Å². The molecule has 0 aliphatic carbocycles. The molecule has 128 valence electrons. The third-order valence-electron chi connectivity index (χ3n) is 4.35. The summed E-state index contributed by atoms with van der Waals surface area (Å²) in [6, 6.07) is 9.35. The number of amides is 1. The number of nitrogens with zero attached hydrogens (tertiary/aromatic N) is 2. The van der Waals surface area contributed by atoms with Gasteiger partial charge in [-0.1, -0.05) is 23.2 Å². The second kappa shape index (κ2) is 7.49. The first-order valence-electron chi connectivity index (χ1n) is 8.08. The Hall–Kier alpha value is -1.65. The van der Waals surface area contributed by atoms with Crippen molar-refractivity contribution in [3.05, 3.63) is 52.3 Å². The molecule has 0 radical (unpaired) electrons. The minimum Gasteiger partial charge on any atom is -0.492 e. The van der Waals surface area contributed by atoms with Crippen LogP contribution in [0.4, 0.5) is 0 Å². The van der Waals surface area contributed by atoms with E-state index < -0.39 is 0 Å². The van der Waals surface area contributed by atoms with Crippen molar-refractivity contribution in [2.24, 2.45) is 0 Å². The second-order valence-electron chi connectivity index (χ2n) is 5.92. The van der Waals surface area contributed by atoms with Crippen LogP contribution in [0.3, 0.4) is 0 Å². The summed E-state index contributed by atoms with van der Waals surface area (Å²) < 4.78 is 7.84. The molecule has 1 aliphatic rings. The number of aromatic nitrogens is 1. The van der Waals surface area contributed by atoms with Crippen molar-refractivity contribution in [3.8, 4) is 5.75 Å². The van der Waals surface area contributed by atoms with E-state index in [1.807, 2.05) is 11.0 Å². The van der Waals surface area contributed by atoms with Crippen LogP contribution in [0.2, 0.25) is 10.0 Å². The molecule has 0 saturated heterocycles. The first-order valence-corrected chi connectivity index (χ1v) is 8.84. The summed E-state index contributed by atoms with van der Waals surface area (Å²) in [6.07, 6.45) is 3.19. The van der Waals surface area contributed by atoms with E-state index in [1.165, 1.54) is 5.69 Å². The maximum absolute atomic E-state index is 12.5. The number of hydrogen-bond acceptors (Lipinski definition) is 2. The van der Waals surface area contributed by atoms with E-state index in [0.29, 0.717) is 35.2 Å². The molecular formula is C18H20Cl2N2O2. The second-order valence-corrected chi connectivity index (χ2v) is 6.76. The summed E-state index contributed by atoms with van der Waals surface area (Å²) in [5, 5.41) is 1.06. The molecule has 1 atom stereocenters. The normalized spacial score (nSPS) is 16.8. The van der Waals surface area contributed by atoms with Gasteiger partial charge in [-0.05, 0) is 43.7 Å². The summed E-state index contributed by atoms with van der Waals surface area (Å²) in [5.41, 5.74) is 1.19. The van der Waals surface area contributed by atoms with Gasteiger partial charge in [-0.15, -0.1) is 0 Å². The van der Waals surface area contributed by atoms with Crippen molar-refractivity contribution >= 4 is 29.1 Å². The van der Waals surface area contributed by atoms with Crippen LogP contribution >= 0.6 is 23.2 Å². The molecule has 2 aromatic rings. The zero-order valence-corrected chi connectivity index (χ0v) is 15.1. The first-order chi connectivity index (χ1) is 11.6. The fourth-order valence-corrected chi connectivity index (χ4v) is 3.52. The molecule has 0 N–H and O–H groups in total. The fraction of sp³-hybridized carbons (Fsp3) is 0.389. The minimum atomic E-state index is 0.118. The van der Waals surface area contributed by atoms with Crippen molar-refractivity contribution in [2.75, 3.05) is 13.2 Å². The van der Waals surface area contributed by atoms with E-state index in [2.05, 4.69) is 23.8 Å². The molecule has 1 amide bonds. The van der Waals surface area contributed by atoms with Crippen LogP contribution in [-0.2, 0) is 11.3 Å². The van der Waals surface area contributed by atoms with Crippen LogP contribution in [0.15, 0.2) is 36.5 Å². The van der Waals surface area contributed by atoms with Crippen LogP contribution in [0, 0.1) is 0 Å². The Morgan fingerprint density at radius 3 is 2.92 bits per heavy atom. The van der Waals surface area contributed by atoms with Gasteiger partial charge >= 0.3 is 0 Å². The Morgan fingerprint density at radius 2 is 2.12 bits per heavy atom. The lowest BCUT2D eigenvalue weighted by Crippen LogP contribution is -2.40. The van der Waals surface area contributed by atoms with E-state index in [9.17, 15) is 4.79 Å². The highest BCUT2D eigenvalue weighted by Crippen LogP contribution is 2.28. The van der Waals surface area contributed by atoms with Gasteiger partial charge in [-0.3, -0.25) is 4.79 Å². The Bertz CT molecular complexity index is 730. The Balaban J connectivity index is 1.48. The average molecular weight is 367 g/mol. The van der Waals surface area contributed by atoms with Crippen LogP contribution in [0.5, 0.6) is 5.75 Å². The lowest BCUT2D eigenvalue weighted by molar-refractivity contribution is -0.134. The zero-order chi connectivity index (χ0) is 17.1. The Morgan fingerprint density at radius 1 is 1.29 bits per heavy atom. The SMILES string of the molecule is CC1c2cccn2CCN1C(=O)CCCOc1ccc(Cl)cc1Cl. The molecule has 24 heavy (non-hydrogen) atoms. The molecule has 1 unspecified atom stereocenters. The molecule has 0 saturated carbocycles. The highest BCUT2D eigenvalue weighted by atomic mass is 35.5. The summed E-state index contributed by atoms with van der Waals surface area (Å²) >= 11 is 11.9. The molecular weight excluding hydrogens is 347 g/mol. The number of carbonyl (C=O) groups is 1. The number of rotatable bonds is 5. The van der Waals surface area contributed by atoms with Gasteiger partial charge in [0.15, 0.2) is 0 Å². The van der Waals surface area contributed by atoms with Crippen molar-refractivity contribution in [1.29, 1.82) is 0 Å². The average Bonchev–Trinajstić information content (AvgIpc) is 3.03. The summed E-state index contributed by atoms with van der Waals surface area (Å²) in [5.74, 6) is 0.762. The molecule has 4 nitrogen and oxygen atoms in total. The highest BCUT2D eigenvalue weighted by molar-refractivity contribution is 6.35. The number of benzene rings is 1. The number of halogens is 2. The van der Waals surface area contributed by atoms with Gasteiger partial charge in [0.05, 0.1) is 17.7 Å². The quantitative estimate of drug-likeness (QED) is 0.727. The number of ether oxygens (including phenoxy) is 1. The molecule has 0 spiro atoms. The molecule has 1 aromatic heterocycles. The van der Waals surface area contributed by atoms with E-state index in [4.69, 9.17) is 27.9 Å². The van der Waals surface area contributed by atoms with Gasteiger partial charge in [0.2, 0.25) is 5.91 Å². The maximum atomic E-state index is 12.5. The van der Waals surface area contributed by atoms with E-state index in [1.54, 1.807) is 18.2 Å². The summed E-state index contributed by atoms with van der Waals surface area (Å²) in [4.78, 5) is 14.4. The monoisotopic (exact) mass is 366 g/mol. The molecule has 1 aromatic carbocycles. The number of hydrogen-bond donors (Lipinski definition) is 0. The van der Waals surface area contributed by atoms with Crippen molar-refractivity contribution in [1.82, 2.24) is 9.47 Å². The van der Waals surface area contributed by atoms with E-state index >= 15 is 0 Å². The lowest BCUT2D eigenvalue weighted by atomic mass is 10.1.